The molecule has 0 bridgehead atoms. The van der Waals surface area contributed by atoms with Crippen LogP contribution in [0.25, 0.3) is 99.1 Å². The van der Waals surface area contributed by atoms with Crippen LogP contribution in [0.5, 0.6) is 0 Å². The molecule has 2 nitrogen and oxygen atoms in total. The first-order valence-corrected chi connectivity index (χ1v) is 19.9. The summed E-state index contributed by atoms with van der Waals surface area (Å²) < 4.78 is 4.98. The fourth-order valence-electron chi connectivity index (χ4n) is 10.1. The van der Waals surface area contributed by atoms with Crippen LogP contribution in [0.2, 0.25) is 0 Å². The van der Waals surface area contributed by atoms with Gasteiger partial charge in [-0.1, -0.05) is 159 Å². The topological polar surface area (TPSA) is 9.86 Å². The molecule has 0 N–H and O–H groups in total. The van der Waals surface area contributed by atoms with E-state index in [-0.39, 0.29) is 5.41 Å². The van der Waals surface area contributed by atoms with E-state index in [1.54, 1.807) is 0 Å². The lowest BCUT2D eigenvalue weighted by Crippen LogP contribution is -2.16. The van der Waals surface area contributed by atoms with E-state index in [0.717, 1.165) is 0 Å². The third-order valence-corrected chi connectivity index (χ3v) is 12.7. The smallest absolute Gasteiger partial charge is 0.0588 e. The van der Waals surface area contributed by atoms with Crippen LogP contribution in [0.4, 0.5) is 0 Å². The zero-order chi connectivity index (χ0) is 37.8. The number of benzene rings is 9. The summed E-state index contributed by atoms with van der Waals surface area (Å²) in [5.74, 6) is 0. The number of aromatic nitrogens is 2. The molecule has 0 spiro atoms. The van der Waals surface area contributed by atoms with Crippen molar-refractivity contribution >= 4 is 54.4 Å². The lowest BCUT2D eigenvalue weighted by atomic mass is 9.81. The van der Waals surface area contributed by atoms with Crippen molar-refractivity contribution in [1.29, 1.82) is 0 Å². The maximum Gasteiger partial charge on any atom is 0.0588 e. The Morgan fingerprint density at radius 3 is 1.82 bits per heavy atom. The third-order valence-electron chi connectivity index (χ3n) is 12.7. The van der Waals surface area contributed by atoms with Crippen molar-refractivity contribution in [2.75, 3.05) is 0 Å². The Labute approximate surface area is 331 Å². The molecule has 0 amide bonds. The van der Waals surface area contributed by atoms with Crippen molar-refractivity contribution in [2.45, 2.75) is 19.3 Å². The zero-order valence-corrected chi connectivity index (χ0v) is 31.9. The van der Waals surface area contributed by atoms with E-state index in [1.807, 2.05) is 0 Å². The molecule has 2 aromatic heterocycles. The molecule has 1 aliphatic carbocycles. The molecular formula is C55H38N2. The summed E-state index contributed by atoms with van der Waals surface area (Å²) >= 11 is 0. The van der Waals surface area contributed by atoms with Crippen LogP contribution in [-0.2, 0) is 5.41 Å². The summed E-state index contributed by atoms with van der Waals surface area (Å²) in [6.07, 6.45) is 0. The van der Waals surface area contributed by atoms with E-state index in [1.165, 1.54) is 110 Å². The molecule has 0 saturated heterocycles. The lowest BCUT2D eigenvalue weighted by molar-refractivity contribution is 0.664. The molecule has 0 radical (unpaired) electrons. The number of rotatable bonds is 4. The van der Waals surface area contributed by atoms with Crippen LogP contribution in [0, 0.1) is 0 Å². The predicted molar refractivity (Wildman–Crippen MR) is 241 cm³/mol. The second-order valence-corrected chi connectivity index (χ2v) is 16.1. The Bertz CT molecular complexity index is 3420. The molecule has 57 heavy (non-hydrogen) atoms. The first kappa shape index (κ1) is 32.1. The summed E-state index contributed by atoms with van der Waals surface area (Å²) in [6.45, 7) is 4.80. The van der Waals surface area contributed by atoms with Crippen molar-refractivity contribution in [3.63, 3.8) is 0 Å². The van der Waals surface area contributed by atoms with Crippen molar-refractivity contribution in [3.05, 3.63) is 205 Å². The number of nitrogens with zero attached hydrogens (tertiary/aromatic N) is 2. The average Bonchev–Trinajstić information content (AvgIpc) is 3.86. The number of hydrogen-bond donors (Lipinski definition) is 0. The Kier molecular flexibility index (Phi) is 6.72. The van der Waals surface area contributed by atoms with Crippen molar-refractivity contribution in [1.82, 2.24) is 9.13 Å². The molecule has 1 aliphatic rings. The first-order valence-electron chi connectivity index (χ1n) is 19.9. The SMILES string of the molecule is CC1(C)c2ccccc2-c2ccc3c4cc(-c5ccc6c(c5)c5ccccc5n6-c5cccc6ccccc56)ccc4n(-c4cccc(-c5ccccc5)c4)c3c21. The zero-order valence-electron chi connectivity index (χ0n) is 31.9. The van der Waals surface area contributed by atoms with E-state index >= 15 is 0 Å². The highest BCUT2D eigenvalue weighted by Crippen LogP contribution is 2.53. The van der Waals surface area contributed by atoms with Crippen LogP contribution in [0.1, 0.15) is 25.0 Å². The third kappa shape index (κ3) is 4.59. The molecule has 0 fully saturated rings. The van der Waals surface area contributed by atoms with Gasteiger partial charge in [0.1, 0.15) is 0 Å². The van der Waals surface area contributed by atoms with Gasteiger partial charge in [0.15, 0.2) is 0 Å². The number of para-hydroxylation sites is 1. The highest BCUT2D eigenvalue weighted by Gasteiger charge is 2.38. The molecule has 0 saturated carbocycles. The lowest BCUT2D eigenvalue weighted by Gasteiger charge is -2.23. The maximum atomic E-state index is 2.54. The van der Waals surface area contributed by atoms with Gasteiger partial charge in [0.2, 0.25) is 0 Å². The molecule has 0 aliphatic heterocycles. The molecule has 9 aromatic carbocycles. The minimum Gasteiger partial charge on any atom is -0.309 e. The second kappa shape index (κ2) is 11.9. The predicted octanol–water partition coefficient (Wildman–Crippen LogP) is 14.7. The Morgan fingerprint density at radius 1 is 0.368 bits per heavy atom. The molecule has 2 heterocycles. The van der Waals surface area contributed by atoms with Crippen LogP contribution >= 0.6 is 0 Å². The van der Waals surface area contributed by atoms with Gasteiger partial charge in [-0.2, -0.15) is 0 Å². The van der Waals surface area contributed by atoms with Crippen LogP contribution < -0.4 is 0 Å². The van der Waals surface area contributed by atoms with Crippen molar-refractivity contribution < 1.29 is 0 Å². The van der Waals surface area contributed by atoms with Gasteiger partial charge in [0.25, 0.3) is 0 Å². The summed E-state index contributed by atoms with van der Waals surface area (Å²) in [4.78, 5) is 0. The highest BCUT2D eigenvalue weighted by atomic mass is 15.0. The van der Waals surface area contributed by atoms with E-state index in [2.05, 4.69) is 217 Å². The quantitative estimate of drug-likeness (QED) is 0.171. The van der Waals surface area contributed by atoms with E-state index in [0.29, 0.717) is 0 Å². The van der Waals surface area contributed by atoms with Crippen LogP contribution in [-0.4, -0.2) is 9.13 Å². The van der Waals surface area contributed by atoms with Gasteiger partial charge in [-0.25, -0.2) is 0 Å². The Balaban J connectivity index is 1.10. The second-order valence-electron chi connectivity index (χ2n) is 16.1. The monoisotopic (exact) mass is 726 g/mol. The maximum absolute atomic E-state index is 2.54. The van der Waals surface area contributed by atoms with Gasteiger partial charge in [-0.15, -0.1) is 0 Å². The fourth-order valence-corrected chi connectivity index (χ4v) is 10.1. The molecule has 11 aromatic rings. The highest BCUT2D eigenvalue weighted by molar-refractivity contribution is 6.15. The molecule has 0 unspecified atom stereocenters. The normalized spacial score (nSPS) is 13.2. The van der Waals surface area contributed by atoms with E-state index in [9.17, 15) is 0 Å². The molecule has 0 atom stereocenters. The van der Waals surface area contributed by atoms with Gasteiger partial charge in [-0.05, 0) is 98.4 Å². The Morgan fingerprint density at radius 2 is 0.982 bits per heavy atom. The van der Waals surface area contributed by atoms with Gasteiger partial charge in [0, 0.05) is 38.0 Å². The van der Waals surface area contributed by atoms with Gasteiger partial charge < -0.3 is 9.13 Å². The van der Waals surface area contributed by atoms with Gasteiger partial charge >= 0.3 is 0 Å². The number of hydrogen-bond acceptors (Lipinski definition) is 0. The minimum atomic E-state index is -0.166. The summed E-state index contributed by atoms with van der Waals surface area (Å²) in [5, 5.41) is 7.56. The standard InChI is InChI=1S/C55H38N2/c1-55(2)48-23-10-8-21-42(48)44-28-29-45-47-34-39(26-30-51(47)56(54(45)53(44)55)40-19-12-18-37(32-40)35-14-4-3-5-15-35)38-27-31-52-46(33-38)43-22-9-11-24-50(43)57(52)49-25-13-17-36-16-6-7-20-41(36)49/h3-34H,1-2H3. The van der Waals surface area contributed by atoms with Crippen LogP contribution in [0.3, 0.4) is 0 Å². The van der Waals surface area contributed by atoms with Crippen molar-refractivity contribution in [2.24, 2.45) is 0 Å². The minimum absolute atomic E-state index is 0.166. The molecular weight excluding hydrogens is 689 g/mol. The summed E-state index contributed by atoms with van der Waals surface area (Å²) in [5.41, 5.74) is 17.5. The van der Waals surface area contributed by atoms with Gasteiger partial charge in [0.05, 0.1) is 27.8 Å². The molecule has 2 heteroatoms. The Hall–Kier alpha value is -7.16. The molecule has 12 rings (SSSR count). The van der Waals surface area contributed by atoms with Crippen molar-refractivity contribution in [3.8, 4) is 44.8 Å². The van der Waals surface area contributed by atoms with Gasteiger partial charge in [-0.3, -0.25) is 0 Å². The average molecular weight is 727 g/mol. The molecule has 268 valence electrons. The fraction of sp³-hybridized carbons (Fsp3) is 0.0545. The largest absolute Gasteiger partial charge is 0.309 e. The first-order chi connectivity index (χ1) is 28.0. The van der Waals surface area contributed by atoms with Crippen LogP contribution in [0.15, 0.2) is 194 Å². The van der Waals surface area contributed by atoms with E-state index in [4.69, 9.17) is 0 Å². The number of fused-ring (bicyclic) bond motifs is 11. The summed E-state index contributed by atoms with van der Waals surface area (Å²) in [6, 6.07) is 71.8. The van der Waals surface area contributed by atoms with E-state index < -0.39 is 0 Å². The summed E-state index contributed by atoms with van der Waals surface area (Å²) in [7, 11) is 0.